The van der Waals surface area contributed by atoms with Gasteiger partial charge in [-0.15, -0.1) is 5.10 Å². The van der Waals surface area contributed by atoms with E-state index in [2.05, 4.69) is 10.3 Å². The maximum absolute atomic E-state index is 11.7. The highest BCUT2D eigenvalue weighted by Gasteiger charge is 2.14. The predicted molar refractivity (Wildman–Crippen MR) is 46.0 cm³/mol. The molecule has 7 nitrogen and oxygen atoms in total. The zero-order valence-electron chi connectivity index (χ0n) is 7.93. The van der Waals surface area contributed by atoms with Gasteiger partial charge in [0.05, 0.1) is 12.7 Å². The van der Waals surface area contributed by atoms with Crippen molar-refractivity contribution < 1.29 is 23.5 Å². The number of aromatic nitrogens is 3. The van der Waals surface area contributed by atoms with Gasteiger partial charge in [0.15, 0.2) is 5.69 Å². The van der Waals surface area contributed by atoms with Crippen LogP contribution in [0.25, 0.3) is 0 Å². The second-order valence-electron chi connectivity index (χ2n) is 2.76. The Bertz CT molecular complexity index is 393. The van der Waals surface area contributed by atoms with Crippen molar-refractivity contribution in [1.29, 1.82) is 0 Å². The van der Waals surface area contributed by atoms with Gasteiger partial charge >= 0.3 is 12.4 Å². The van der Waals surface area contributed by atoms with Crippen LogP contribution in [-0.2, 0) is 11.3 Å². The third-order valence-electron chi connectivity index (χ3n) is 1.60. The third-order valence-corrected chi connectivity index (χ3v) is 1.60. The zero-order valence-corrected chi connectivity index (χ0v) is 7.93. The SMILES string of the molecule is O=C(O)c1cn(CCNC(=O)C(F)F)nn1. The molecule has 2 N–H and O–H groups in total. The molecule has 1 aromatic heterocycles. The molecule has 1 amide bonds. The van der Waals surface area contributed by atoms with Gasteiger partial charge in [0, 0.05) is 6.54 Å². The predicted octanol–water partition coefficient (Wildman–Crippen LogP) is -0.642. The number of carboxylic acids is 1. The largest absolute Gasteiger partial charge is 0.476 e. The van der Waals surface area contributed by atoms with Gasteiger partial charge in [0.25, 0.3) is 5.91 Å². The summed E-state index contributed by atoms with van der Waals surface area (Å²) >= 11 is 0. The minimum atomic E-state index is -3.06. The number of hydrogen-bond donors (Lipinski definition) is 2. The Morgan fingerprint density at radius 1 is 1.56 bits per heavy atom. The monoisotopic (exact) mass is 234 g/mol. The lowest BCUT2D eigenvalue weighted by Crippen LogP contribution is -2.32. The number of alkyl halides is 2. The molecule has 0 radical (unpaired) electrons. The number of aromatic carboxylic acids is 1. The zero-order chi connectivity index (χ0) is 12.1. The summed E-state index contributed by atoms with van der Waals surface area (Å²) < 4.78 is 24.6. The van der Waals surface area contributed by atoms with E-state index in [0.29, 0.717) is 0 Å². The molecule has 0 aliphatic rings. The van der Waals surface area contributed by atoms with Gasteiger partial charge in [0.2, 0.25) is 0 Å². The topological polar surface area (TPSA) is 97.1 Å². The molecule has 9 heteroatoms. The van der Waals surface area contributed by atoms with Crippen molar-refractivity contribution in [3.05, 3.63) is 11.9 Å². The molecular formula is C7H8F2N4O3. The number of carboxylic acid groups (broad SMARTS) is 1. The Labute approximate surface area is 88.0 Å². The van der Waals surface area contributed by atoms with E-state index in [-0.39, 0.29) is 18.8 Å². The third kappa shape index (κ3) is 3.26. The molecule has 0 aromatic carbocycles. The summed E-state index contributed by atoms with van der Waals surface area (Å²) in [7, 11) is 0. The fraction of sp³-hybridized carbons (Fsp3) is 0.429. The summed E-state index contributed by atoms with van der Waals surface area (Å²) in [5.74, 6) is -2.61. The molecule has 16 heavy (non-hydrogen) atoms. The minimum absolute atomic E-state index is 0.0682. The van der Waals surface area contributed by atoms with Gasteiger partial charge in [0.1, 0.15) is 0 Å². The Kier molecular flexibility index (Phi) is 3.86. The van der Waals surface area contributed by atoms with Crippen LogP contribution >= 0.6 is 0 Å². The molecule has 0 saturated heterocycles. The molecule has 0 fully saturated rings. The molecule has 0 saturated carbocycles. The molecule has 0 aliphatic heterocycles. The summed E-state index contributed by atoms with van der Waals surface area (Å²) in [5.41, 5.74) is -0.250. The van der Waals surface area contributed by atoms with Crippen LogP contribution in [0.15, 0.2) is 6.20 Å². The van der Waals surface area contributed by atoms with Crippen molar-refractivity contribution in [1.82, 2.24) is 20.3 Å². The van der Waals surface area contributed by atoms with Gasteiger partial charge in [-0.05, 0) is 0 Å². The second kappa shape index (κ2) is 5.14. The van der Waals surface area contributed by atoms with Crippen molar-refractivity contribution in [2.24, 2.45) is 0 Å². The van der Waals surface area contributed by atoms with E-state index in [9.17, 15) is 18.4 Å². The van der Waals surface area contributed by atoms with Gasteiger partial charge < -0.3 is 10.4 Å². The summed E-state index contributed by atoms with van der Waals surface area (Å²) in [4.78, 5) is 20.8. The molecular weight excluding hydrogens is 226 g/mol. The van der Waals surface area contributed by atoms with Crippen molar-refractivity contribution in [2.45, 2.75) is 13.0 Å². The lowest BCUT2D eigenvalue weighted by molar-refractivity contribution is -0.131. The Morgan fingerprint density at radius 2 is 2.25 bits per heavy atom. The first-order valence-electron chi connectivity index (χ1n) is 4.20. The van der Waals surface area contributed by atoms with Crippen LogP contribution in [0, 0.1) is 0 Å². The lowest BCUT2D eigenvalue weighted by Gasteiger charge is -2.03. The Hall–Kier alpha value is -2.06. The van der Waals surface area contributed by atoms with Crippen LogP contribution in [-0.4, -0.2) is 44.9 Å². The number of halogens is 2. The van der Waals surface area contributed by atoms with E-state index in [4.69, 9.17) is 5.11 Å². The molecule has 1 aromatic rings. The molecule has 0 spiro atoms. The first kappa shape index (κ1) is 12.0. The number of carbonyl (C=O) groups excluding carboxylic acids is 1. The Balaban J connectivity index is 2.37. The number of nitrogens with one attached hydrogen (secondary N) is 1. The van der Waals surface area contributed by atoms with E-state index < -0.39 is 18.3 Å². The fourth-order valence-electron chi connectivity index (χ4n) is 0.876. The standard InChI is InChI=1S/C7H8F2N4O3/c8-5(9)6(14)10-1-2-13-3-4(7(15)16)11-12-13/h3,5H,1-2H2,(H,10,14)(H,15,16). The van der Waals surface area contributed by atoms with Crippen LogP contribution in [0.1, 0.15) is 10.5 Å². The van der Waals surface area contributed by atoms with Crippen molar-refractivity contribution in [2.75, 3.05) is 6.54 Å². The second-order valence-corrected chi connectivity index (χ2v) is 2.76. The maximum Gasteiger partial charge on any atom is 0.358 e. The van der Waals surface area contributed by atoms with Crippen LogP contribution in [0.3, 0.4) is 0 Å². The van der Waals surface area contributed by atoms with E-state index in [1.807, 2.05) is 5.32 Å². The first-order chi connectivity index (χ1) is 7.50. The first-order valence-corrected chi connectivity index (χ1v) is 4.20. The van der Waals surface area contributed by atoms with Gasteiger partial charge in [-0.1, -0.05) is 5.21 Å². The average Bonchev–Trinajstić information content (AvgIpc) is 2.66. The Morgan fingerprint density at radius 3 is 2.75 bits per heavy atom. The summed E-state index contributed by atoms with van der Waals surface area (Å²) in [6, 6.07) is 0. The molecule has 88 valence electrons. The number of hydrogen-bond acceptors (Lipinski definition) is 4. The van der Waals surface area contributed by atoms with Crippen LogP contribution in [0.5, 0.6) is 0 Å². The van der Waals surface area contributed by atoms with Gasteiger partial charge in [-0.3, -0.25) is 4.79 Å². The van der Waals surface area contributed by atoms with Crippen LogP contribution < -0.4 is 5.32 Å². The van der Waals surface area contributed by atoms with Crippen molar-refractivity contribution >= 4 is 11.9 Å². The molecule has 0 bridgehead atoms. The molecule has 0 aliphatic carbocycles. The smallest absolute Gasteiger partial charge is 0.358 e. The van der Waals surface area contributed by atoms with Crippen molar-refractivity contribution in [3.63, 3.8) is 0 Å². The van der Waals surface area contributed by atoms with Crippen molar-refractivity contribution in [3.8, 4) is 0 Å². The van der Waals surface area contributed by atoms with Crippen LogP contribution in [0.4, 0.5) is 8.78 Å². The molecule has 1 rings (SSSR count). The average molecular weight is 234 g/mol. The number of nitrogens with zero attached hydrogens (tertiary/aromatic N) is 3. The highest BCUT2D eigenvalue weighted by Crippen LogP contribution is 1.93. The van der Waals surface area contributed by atoms with E-state index in [1.165, 1.54) is 0 Å². The maximum atomic E-state index is 11.7. The van der Waals surface area contributed by atoms with Gasteiger partial charge in [-0.2, -0.15) is 8.78 Å². The highest BCUT2D eigenvalue weighted by atomic mass is 19.3. The lowest BCUT2D eigenvalue weighted by atomic mass is 10.5. The normalized spacial score (nSPS) is 10.4. The molecule has 1 heterocycles. The van der Waals surface area contributed by atoms with Gasteiger partial charge in [-0.25, -0.2) is 9.48 Å². The minimum Gasteiger partial charge on any atom is -0.476 e. The van der Waals surface area contributed by atoms with E-state index >= 15 is 0 Å². The number of amides is 1. The summed E-state index contributed by atoms with van der Waals surface area (Å²) in [6.07, 6.45) is -1.93. The molecule has 0 atom stereocenters. The number of rotatable bonds is 5. The van der Waals surface area contributed by atoms with E-state index in [0.717, 1.165) is 10.9 Å². The molecule has 0 unspecified atom stereocenters. The highest BCUT2D eigenvalue weighted by molar-refractivity contribution is 5.84. The van der Waals surface area contributed by atoms with Crippen LogP contribution in [0.2, 0.25) is 0 Å². The quantitative estimate of drug-likeness (QED) is 0.706. The number of carbonyl (C=O) groups is 2. The fourth-order valence-corrected chi connectivity index (χ4v) is 0.876. The summed E-state index contributed by atoms with van der Waals surface area (Å²) in [5, 5.41) is 17.2. The summed E-state index contributed by atoms with van der Waals surface area (Å²) in [6.45, 7) is -0.00959. The van der Waals surface area contributed by atoms with E-state index in [1.54, 1.807) is 0 Å².